The zero-order valence-corrected chi connectivity index (χ0v) is 12.3. The minimum atomic E-state index is -0.617. The van der Waals surface area contributed by atoms with Crippen LogP contribution in [0.3, 0.4) is 0 Å². The van der Waals surface area contributed by atoms with Gasteiger partial charge in [-0.05, 0) is 30.9 Å². The number of benzene rings is 1. The van der Waals surface area contributed by atoms with Gasteiger partial charge in [0.25, 0.3) is 0 Å². The van der Waals surface area contributed by atoms with Crippen molar-refractivity contribution in [2.75, 3.05) is 5.75 Å². The highest BCUT2D eigenvalue weighted by atomic mass is 32.2. The fraction of sp³-hybridized carbons (Fsp3) is 0.533. The van der Waals surface area contributed by atoms with Gasteiger partial charge in [0.2, 0.25) is 5.91 Å². The number of nitrogens with one attached hydrogen (secondary N) is 1. The molecule has 0 heterocycles. The fourth-order valence-electron chi connectivity index (χ4n) is 2.51. The van der Waals surface area contributed by atoms with Crippen LogP contribution in [0.4, 0.5) is 8.78 Å². The summed E-state index contributed by atoms with van der Waals surface area (Å²) in [4.78, 5) is 12.2. The molecule has 0 radical (unpaired) electrons. The molecule has 0 spiro atoms. The second kappa shape index (κ2) is 7.07. The Morgan fingerprint density at radius 2 is 2.10 bits per heavy atom. The third kappa shape index (κ3) is 4.20. The Bertz CT molecular complexity index is 481. The van der Waals surface area contributed by atoms with Gasteiger partial charge >= 0.3 is 0 Å². The predicted molar refractivity (Wildman–Crippen MR) is 76.6 cm³/mol. The zero-order chi connectivity index (χ0) is 14.5. The molecule has 1 saturated carbocycles. The average molecular weight is 299 g/mol. The summed E-state index contributed by atoms with van der Waals surface area (Å²) in [5, 5.41) is 3.01. The van der Waals surface area contributed by atoms with Crippen molar-refractivity contribution in [2.24, 2.45) is 5.92 Å². The van der Waals surface area contributed by atoms with Crippen LogP contribution in [0.5, 0.6) is 0 Å². The number of thioether (sulfide) groups is 1. The maximum atomic E-state index is 13.4. The van der Waals surface area contributed by atoms with E-state index in [4.69, 9.17) is 0 Å². The average Bonchev–Trinajstić information content (AvgIpc) is 2.40. The summed E-state index contributed by atoms with van der Waals surface area (Å²) in [6.45, 7) is 2.15. The SMILES string of the molecule is C[C@H]1CCCC[C@@H]1NC(=O)CSc1ccc(F)cc1F. The van der Waals surface area contributed by atoms with Crippen molar-refractivity contribution in [2.45, 2.75) is 43.5 Å². The number of hydrogen-bond acceptors (Lipinski definition) is 2. The van der Waals surface area contributed by atoms with E-state index in [1.807, 2.05) is 0 Å². The van der Waals surface area contributed by atoms with Crippen LogP contribution in [0.25, 0.3) is 0 Å². The summed E-state index contributed by atoms with van der Waals surface area (Å²) >= 11 is 1.10. The molecular weight excluding hydrogens is 280 g/mol. The normalized spacial score (nSPS) is 22.6. The number of amides is 1. The molecule has 1 aliphatic rings. The van der Waals surface area contributed by atoms with Crippen LogP contribution in [0, 0.1) is 17.6 Å². The van der Waals surface area contributed by atoms with Gasteiger partial charge in [0.15, 0.2) is 0 Å². The van der Waals surface area contributed by atoms with Gasteiger partial charge in [-0.25, -0.2) is 8.78 Å². The maximum absolute atomic E-state index is 13.4. The monoisotopic (exact) mass is 299 g/mol. The quantitative estimate of drug-likeness (QED) is 0.858. The molecular formula is C15H19F2NOS. The predicted octanol–water partition coefficient (Wildman–Crippen LogP) is 3.75. The fourth-order valence-corrected chi connectivity index (χ4v) is 3.25. The Morgan fingerprint density at radius 1 is 1.35 bits per heavy atom. The van der Waals surface area contributed by atoms with Crippen molar-refractivity contribution in [3.8, 4) is 0 Å². The van der Waals surface area contributed by atoms with E-state index in [0.29, 0.717) is 10.8 Å². The largest absolute Gasteiger partial charge is 0.352 e. The first-order valence-corrected chi connectivity index (χ1v) is 7.92. The summed E-state index contributed by atoms with van der Waals surface area (Å²) in [6, 6.07) is 3.64. The van der Waals surface area contributed by atoms with E-state index in [0.717, 1.165) is 37.1 Å². The Labute approximate surface area is 122 Å². The van der Waals surface area contributed by atoms with E-state index >= 15 is 0 Å². The molecule has 2 rings (SSSR count). The molecule has 0 saturated heterocycles. The smallest absolute Gasteiger partial charge is 0.230 e. The first kappa shape index (κ1) is 15.3. The molecule has 20 heavy (non-hydrogen) atoms. The van der Waals surface area contributed by atoms with Crippen LogP contribution in [-0.2, 0) is 4.79 Å². The molecule has 2 atom stereocenters. The third-order valence-electron chi connectivity index (χ3n) is 3.71. The number of carbonyl (C=O) groups excluding carboxylic acids is 1. The van der Waals surface area contributed by atoms with Crippen LogP contribution < -0.4 is 5.32 Å². The van der Waals surface area contributed by atoms with Crippen LogP contribution in [-0.4, -0.2) is 17.7 Å². The summed E-state index contributed by atoms with van der Waals surface area (Å²) in [7, 11) is 0. The van der Waals surface area contributed by atoms with Crippen molar-refractivity contribution in [1.82, 2.24) is 5.32 Å². The molecule has 1 aromatic carbocycles. The molecule has 1 amide bonds. The first-order valence-electron chi connectivity index (χ1n) is 6.93. The highest BCUT2D eigenvalue weighted by Gasteiger charge is 2.22. The lowest BCUT2D eigenvalue weighted by molar-refractivity contribution is -0.119. The molecule has 1 N–H and O–H groups in total. The number of carbonyl (C=O) groups is 1. The molecule has 1 aromatic rings. The Balaban J connectivity index is 1.82. The van der Waals surface area contributed by atoms with Crippen molar-refractivity contribution < 1.29 is 13.6 Å². The minimum Gasteiger partial charge on any atom is -0.352 e. The number of hydrogen-bond donors (Lipinski definition) is 1. The lowest BCUT2D eigenvalue weighted by Crippen LogP contribution is -2.41. The van der Waals surface area contributed by atoms with Crippen LogP contribution in [0.15, 0.2) is 23.1 Å². The van der Waals surface area contributed by atoms with E-state index in [1.54, 1.807) is 0 Å². The minimum absolute atomic E-state index is 0.0857. The second-order valence-electron chi connectivity index (χ2n) is 5.30. The van der Waals surface area contributed by atoms with Gasteiger partial charge in [-0.2, -0.15) is 0 Å². The lowest BCUT2D eigenvalue weighted by atomic mass is 9.86. The van der Waals surface area contributed by atoms with Crippen molar-refractivity contribution >= 4 is 17.7 Å². The summed E-state index contributed by atoms with van der Waals surface area (Å²) < 4.78 is 26.2. The molecule has 0 aromatic heterocycles. The maximum Gasteiger partial charge on any atom is 0.230 e. The van der Waals surface area contributed by atoms with Crippen molar-refractivity contribution in [1.29, 1.82) is 0 Å². The molecule has 110 valence electrons. The molecule has 5 heteroatoms. The number of halogens is 2. The van der Waals surface area contributed by atoms with Crippen LogP contribution in [0.1, 0.15) is 32.6 Å². The lowest BCUT2D eigenvalue weighted by Gasteiger charge is -2.29. The number of rotatable bonds is 4. The standard InChI is InChI=1S/C15H19F2NOS/c1-10-4-2-3-5-13(10)18-15(19)9-20-14-7-6-11(16)8-12(14)17/h6-8,10,13H,2-5,9H2,1H3,(H,18,19)/t10-,13-/m0/s1. The zero-order valence-electron chi connectivity index (χ0n) is 11.5. The van der Waals surface area contributed by atoms with Gasteiger partial charge in [0, 0.05) is 17.0 Å². The summed E-state index contributed by atoms with van der Waals surface area (Å²) in [6.07, 6.45) is 4.53. The molecule has 1 aliphatic carbocycles. The van der Waals surface area contributed by atoms with Gasteiger partial charge < -0.3 is 5.32 Å². The summed E-state index contributed by atoms with van der Waals surface area (Å²) in [5.74, 6) is -0.648. The van der Waals surface area contributed by atoms with E-state index in [2.05, 4.69) is 12.2 Å². The third-order valence-corrected chi connectivity index (χ3v) is 4.76. The van der Waals surface area contributed by atoms with E-state index in [-0.39, 0.29) is 17.7 Å². The topological polar surface area (TPSA) is 29.1 Å². The Kier molecular flexibility index (Phi) is 5.40. The van der Waals surface area contributed by atoms with E-state index < -0.39 is 11.6 Å². The van der Waals surface area contributed by atoms with Crippen molar-refractivity contribution in [3.05, 3.63) is 29.8 Å². The van der Waals surface area contributed by atoms with Crippen LogP contribution in [0.2, 0.25) is 0 Å². The van der Waals surface area contributed by atoms with Gasteiger partial charge in [-0.3, -0.25) is 4.79 Å². The Hall–Kier alpha value is -1.10. The molecule has 1 fully saturated rings. The van der Waals surface area contributed by atoms with Crippen molar-refractivity contribution in [3.63, 3.8) is 0 Å². The van der Waals surface area contributed by atoms with Crippen LogP contribution >= 0.6 is 11.8 Å². The Morgan fingerprint density at radius 3 is 2.80 bits per heavy atom. The first-order chi connectivity index (χ1) is 9.56. The van der Waals surface area contributed by atoms with E-state index in [9.17, 15) is 13.6 Å². The molecule has 2 nitrogen and oxygen atoms in total. The molecule has 0 bridgehead atoms. The van der Waals surface area contributed by atoms with Gasteiger partial charge in [0.05, 0.1) is 5.75 Å². The van der Waals surface area contributed by atoms with E-state index in [1.165, 1.54) is 18.6 Å². The van der Waals surface area contributed by atoms with Gasteiger partial charge in [0.1, 0.15) is 11.6 Å². The highest BCUT2D eigenvalue weighted by Crippen LogP contribution is 2.25. The van der Waals surface area contributed by atoms with Gasteiger partial charge in [-0.1, -0.05) is 19.8 Å². The highest BCUT2D eigenvalue weighted by molar-refractivity contribution is 8.00. The van der Waals surface area contributed by atoms with Gasteiger partial charge in [-0.15, -0.1) is 11.8 Å². The molecule has 0 unspecified atom stereocenters. The molecule has 0 aliphatic heterocycles. The second-order valence-corrected chi connectivity index (χ2v) is 6.32. The summed E-state index contributed by atoms with van der Waals surface area (Å²) in [5.41, 5.74) is 0.